The second kappa shape index (κ2) is 3.95. The van der Waals surface area contributed by atoms with E-state index in [1.165, 1.54) is 6.42 Å². The molecule has 0 aromatic carbocycles. The molecule has 1 amide bonds. The van der Waals surface area contributed by atoms with Crippen LogP contribution in [0.4, 0.5) is 0 Å². The lowest BCUT2D eigenvalue weighted by Gasteiger charge is -2.61. The van der Waals surface area contributed by atoms with Gasteiger partial charge in [0.25, 0.3) is 0 Å². The van der Waals surface area contributed by atoms with Crippen molar-refractivity contribution >= 4 is 5.91 Å². The summed E-state index contributed by atoms with van der Waals surface area (Å²) in [6, 6.07) is 0.217. The van der Waals surface area contributed by atoms with Gasteiger partial charge in [0.15, 0.2) is 0 Å². The van der Waals surface area contributed by atoms with Crippen molar-refractivity contribution in [2.75, 3.05) is 6.61 Å². The van der Waals surface area contributed by atoms with Crippen LogP contribution in [0.25, 0.3) is 0 Å². The summed E-state index contributed by atoms with van der Waals surface area (Å²) in [5.41, 5.74) is -0.316. The van der Waals surface area contributed by atoms with Crippen molar-refractivity contribution in [2.45, 2.75) is 63.3 Å². The van der Waals surface area contributed by atoms with Crippen molar-refractivity contribution in [2.24, 2.45) is 5.92 Å². The van der Waals surface area contributed by atoms with Crippen LogP contribution in [0.3, 0.4) is 0 Å². The van der Waals surface area contributed by atoms with Gasteiger partial charge in [-0.25, -0.2) is 0 Å². The topological polar surface area (TPSA) is 49.8 Å². The molecule has 3 atom stereocenters. The Bertz CT molecular complexity index is 317. The maximum Gasteiger partial charge on any atom is 0.232 e. The predicted octanol–water partition coefficient (Wildman–Crippen LogP) is 1.27. The molecule has 0 aromatic heterocycles. The Morgan fingerprint density at radius 2 is 2.12 bits per heavy atom. The first kappa shape index (κ1) is 11.5. The molecule has 3 aliphatic rings. The van der Waals surface area contributed by atoms with Gasteiger partial charge in [0, 0.05) is 0 Å². The smallest absolute Gasteiger partial charge is 0.232 e. The molecule has 1 aliphatic carbocycles. The number of nitrogens with zero attached hydrogens (tertiary/aromatic N) is 1. The van der Waals surface area contributed by atoms with Gasteiger partial charge in [0.05, 0.1) is 24.7 Å². The van der Waals surface area contributed by atoms with Crippen molar-refractivity contribution < 1.29 is 14.6 Å². The van der Waals surface area contributed by atoms with Crippen LogP contribution in [0, 0.1) is 5.92 Å². The zero-order chi connectivity index (χ0) is 12.0. The maximum atomic E-state index is 12.2. The van der Waals surface area contributed by atoms with Crippen LogP contribution in [0.1, 0.15) is 45.4 Å². The lowest BCUT2D eigenvalue weighted by atomic mass is 9.75. The van der Waals surface area contributed by atoms with E-state index in [1.54, 1.807) is 6.92 Å². The number of rotatable bonds is 1. The Morgan fingerprint density at radius 1 is 1.41 bits per heavy atom. The third-order valence-electron chi connectivity index (χ3n) is 4.65. The Morgan fingerprint density at radius 3 is 2.76 bits per heavy atom. The van der Waals surface area contributed by atoms with Crippen LogP contribution in [-0.2, 0) is 9.53 Å². The molecule has 3 rings (SSSR count). The van der Waals surface area contributed by atoms with E-state index in [0.717, 1.165) is 38.7 Å². The Kier molecular flexibility index (Phi) is 2.67. The number of fused-ring (bicyclic) bond motifs is 2. The molecule has 0 unspecified atom stereocenters. The Balaban J connectivity index is 1.82. The quantitative estimate of drug-likeness (QED) is 0.701. The summed E-state index contributed by atoms with van der Waals surface area (Å²) in [6.07, 6.45) is 5.85. The van der Waals surface area contributed by atoms with Gasteiger partial charge in [0.2, 0.25) is 5.91 Å². The van der Waals surface area contributed by atoms with E-state index in [1.807, 2.05) is 4.90 Å². The summed E-state index contributed by atoms with van der Waals surface area (Å²) in [4.78, 5) is 14.1. The van der Waals surface area contributed by atoms with Crippen LogP contribution >= 0.6 is 0 Å². The van der Waals surface area contributed by atoms with Crippen molar-refractivity contribution in [3.05, 3.63) is 0 Å². The minimum absolute atomic E-state index is 0.103. The number of amides is 1. The molecule has 0 bridgehead atoms. The highest BCUT2D eigenvalue weighted by molar-refractivity contribution is 5.87. The average molecular weight is 239 g/mol. The highest BCUT2D eigenvalue weighted by Gasteiger charge is 2.60. The van der Waals surface area contributed by atoms with Crippen molar-refractivity contribution in [3.8, 4) is 0 Å². The number of hydrogen-bond acceptors (Lipinski definition) is 3. The molecule has 17 heavy (non-hydrogen) atoms. The SMILES string of the molecule is C[C@H](O)[C@@H]1C(=O)N2[C@H]1CCOC21CCCCC1. The Hall–Kier alpha value is -0.610. The molecule has 0 aromatic rings. The maximum absolute atomic E-state index is 12.2. The molecule has 96 valence electrons. The third-order valence-corrected chi connectivity index (χ3v) is 4.65. The first-order chi connectivity index (χ1) is 8.16. The van der Waals surface area contributed by atoms with Gasteiger partial charge in [-0.3, -0.25) is 4.79 Å². The molecule has 1 spiro atoms. The first-order valence-corrected chi connectivity index (χ1v) is 6.81. The van der Waals surface area contributed by atoms with Gasteiger partial charge in [-0.2, -0.15) is 0 Å². The fourth-order valence-electron chi connectivity index (χ4n) is 3.84. The number of aliphatic hydroxyl groups excluding tert-OH is 1. The second-order valence-electron chi connectivity index (χ2n) is 5.69. The molecule has 2 aliphatic heterocycles. The molecular weight excluding hydrogens is 218 g/mol. The monoisotopic (exact) mass is 239 g/mol. The highest BCUT2D eigenvalue weighted by atomic mass is 16.5. The highest BCUT2D eigenvalue weighted by Crippen LogP contribution is 2.47. The summed E-state index contributed by atoms with van der Waals surface area (Å²) >= 11 is 0. The van der Waals surface area contributed by atoms with Crippen LogP contribution in [0.2, 0.25) is 0 Å². The third kappa shape index (κ3) is 1.54. The summed E-state index contributed by atoms with van der Waals surface area (Å²) < 4.78 is 5.96. The minimum atomic E-state index is -0.525. The van der Waals surface area contributed by atoms with Crippen LogP contribution in [0.5, 0.6) is 0 Å². The minimum Gasteiger partial charge on any atom is -0.393 e. The standard InChI is InChI=1S/C13H21NO3/c1-9(15)11-10-5-8-17-13(14(10)12(11)16)6-3-2-4-7-13/h9-11,15H,2-8H2,1H3/t9-,10-,11-/m0/s1. The number of β-lactam (4-membered cyclic amide) rings is 1. The van der Waals surface area contributed by atoms with Crippen molar-refractivity contribution in [1.82, 2.24) is 4.90 Å². The van der Waals surface area contributed by atoms with Crippen LogP contribution in [0.15, 0.2) is 0 Å². The van der Waals surface area contributed by atoms with Crippen molar-refractivity contribution in [1.29, 1.82) is 0 Å². The van der Waals surface area contributed by atoms with Crippen LogP contribution < -0.4 is 0 Å². The van der Waals surface area contributed by atoms with E-state index in [4.69, 9.17) is 4.74 Å². The van der Waals surface area contributed by atoms with Crippen LogP contribution in [-0.4, -0.2) is 40.4 Å². The van der Waals surface area contributed by atoms with E-state index in [0.29, 0.717) is 0 Å². The fraction of sp³-hybridized carbons (Fsp3) is 0.923. The van der Waals surface area contributed by atoms with E-state index >= 15 is 0 Å². The van der Waals surface area contributed by atoms with Gasteiger partial charge >= 0.3 is 0 Å². The average Bonchev–Trinajstić information content (AvgIpc) is 2.28. The number of ether oxygens (including phenoxy) is 1. The molecule has 4 heteroatoms. The number of carbonyl (C=O) groups is 1. The molecule has 2 saturated heterocycles. The van der Waals surface area contributed by atoms with E-state index in [2.05, 4.69) is 0 Å². The summed E-state index contributed by atoms with van der Waals surface area (Å²) in [5.74, 6) is -0.0794. The fourth-order valence-corrected chi connectivity index (χ4v) is 3.84. The lowest BCUT2D eigenvalue weighted by Crippen LogP contribution is -2.75. The first-order valence-electron chi connectivity index (χ1n) is 6.81. The molecule has 1 saturated carbocycles. The van der Waals surface area contributed by atoms with Gasteiger partial charge in [-0.05, 0) is 39.0 Å². The molecule has 4 nitrogen and oxygen atoms in total. The lowest BCUT2D eigenvalue weighted by molar-refractivity contribution is -0.261. The largest absolute Gasteiger partial charge is 0.393 e. The second-order valence-corrected chi connectivity index (χ2v) is 5.69. The number of hydrogen-bond donors (Lipinski definition) is 1. The molecule has 2 heterocycles. The zero-order valence-corrected chi connectivity index (χ0v) is 10.4. The number of carbonyl (C=O) groups excluding carboxylic acids is 1. The van der Waals surface area contributed by atoms with Gasteiger partial charge in [-0.15, -0.1) is 0 Å². The summed E-state index contributed by atoms with van der Waals surface area (Å²) in [7, 11) is 0. The normalized spacial score (nSPS) is 37.5. The molecule has 3 fully saturated rings. The van der Waals surface area contributed by atoms with E-state index < -0.39 is 6.10 Å². The Labute approximate surface area is 102 Å². The number of aliphatic hydroxyl groups is 1. The summed E-state index contributed by atoms with van der Waals surface area (Å²) in [5, 5.41) is 9.68. The van der Waals surface area contributed by atoms with Gasteiger partial charge in [0.1, 0.15) is 5.72 Å². The van der Waals surface area contributed by atoms with Crippen molar-refractivity contribution in [3.63, 3.8) is 0 Å². The van der Waals surface area contributed by atoms with E-state index in [9.17, 15) is 9.90 Å². The molecule has 0 radical (unpaired) electrons. The predicted molar refractivity (Wildman–Crippen MR) is 62.2 cm³/mol. The molecular formula is C13H21NO3. The van der Waals surface area contributed by atoms with Gasteiger partial charge < -0.3 is 14.7 Å². The summed E-state index contributed by atoms with van der Waals surface area (Å²) in [6.45, 7) is 2.46. The van der Waals surface area contributed by atoms with Gasteiger partial charge in [-0.1, -0.05) is 6.42 Å². The zero-order valence-electron chi connectivity index (χ0n) is 10.4. The molecule has 1 N–H and O–H groups in total. The van der Waals surface area contributed by atoms with E-state index in [-0.39, 0.29) is 23.6 Å².